The molecular formula is C24H24ClNO5. The van der Waals surface area contributed by atoms with E-state index in [-0.39, 0.29) is 12.5 Å². The van der Waals surface area contributed by atoms with Gasteiger partial charge < -0.3 is 24.3 Å². The second-order valence-electron chi connectivity index (χ2n) is 6.52. The van der Waals surface area contributed by atoms with Crippen molar-refractivity contribution in [2.24, 2.45) is 0 Å². The average molecular weight is 442 g/mol. The highest BCUT2D eigenvalue weighted by atomic mass is 35.5. The molecule has 0 saturated heterocycles. The topological polar surface area (TPSA) is 66.0 Å². The van der Waals surface area contributed by atoms with Gasteiger partial charge in [0.25, 0.3) is 5.91 Å². The maximum Gasteiger partial charge on any atom is 0.255 e. The summed E-state index contributed by atoms with van der Waals surface area (Å²) in [5.74, 6) is 2.13. The molecule has 0 aliphatic rings. The molecule has 3 aromatic carbocycles. The number of amides is 1. The monoisotopic (exact) mass is 441 g/mol. The number of ether oxygens (including phenoxy) is 4. The molecule has 0 heterocycles. The molecule has 0 bridgehead atoms. The van der Waals surface area contributed by atoms with E-state index in [1.807, 2.05) is 19.1 Å². The fourth-order valence-electron chi connectivity index (χ4n) is 2.95. The molecule has 7 heteroatoms. The van der Waals surface area contributed by atoms with Gasteiger partial charge in [-0.05, 0) is 55.5 Å². The number of carbonyl (C=O) groups is 1. The van der Waals surface area contributed by atoms with Crippen molar-refractivity contribution in [2.45, 2.75) is 13.5 Å². The van der Waals surface area contributed by atoms with Gasteiger partial charge in [-0.25, -0.2) is 0 Å². The standard InChI is InChI=1S/C24H24ClNO5/c1-4-30-22-10-8-16(12-17(22)15-31-20-7-5-6-18(25)13-20)24(27)26-21-14-19(28-2)9-11-23(21)29-3/h5-14H,4,15H2,1-3H3,(H,26,27). The fourth-order valence-corrected chi connectivity index (χ4v) is 3.13. The molecular weight excluding hydrogens is 418 g/mol. The number of methoxy groups -OCH3 is 2. The van der Waals surface area contributed by atoms with E-state index in [0.717, 1.165) is 5.56 Å². The van der Waals surface area contributed by atoms with E-state index in [4.69, 9.17) is 30.5 Å². The Bertz CT molecular complexity index is 1050. The molecule has 6 nitrogen and oxygen atoms in total. The highest BCUT2D eigenvalue weighted by Gasteiger charge is 2.14. The van der Waals surface area contributed by atoms with Gasteiger partial charge in [0.2, 0.25) is 0 Å². The van der Waals surface area contributed by atoms with Crippen LogP contribution in [0.1, 0.15) is 22.8 Å². The number of nitrogens with one attached hydrogen (secondary N) is 1. The predicted molar refractivity (Wildman–Crippen MR) is 121 cm³/mol. The lowest BCUT2D eigenvalue weighted by molar-refractivity contribution is 0.102. The van der Waals surface area contributed by atoms with Crippen molar-refractivity contribution in [1.82, 2.24) is 0 Å². The van der Waals surface area contributed by atoms with Crippen LogP contribution in [0.15, 0.2) is 60.7 Å². The number of carbonyl (C=O) groups excluding carboxylic acids is 1. The lowest BCUT2D eigenvalue weighted by Gasteiger charge is -2.15. The number of rotatable bonds is 9. The highest BCUT2D eigenvalue weighted by Crippen LogP contribution is 2.30. The Kier molecular flexibility index (Phi) is 7.62. The van der Waals surface area contributed by atoms with Crippen LogP contribution in [0.4, 0.5) is 5.69 Å². The van der Waals surface area contributed by atoms with Crippen molar-refractivity contribution < 1.29 is 23.7 Å². The molecule has 0 aliphatic carbocycles. The molecule has 0 unspecified atom stereocenters. The van der Waals surface area contributed by atoms with E-state index >= 15 is 0 Å². The number of anilines is 1. The molecule has 3 aromatic rings. The molecule has 0 atom stereocenters. The van der Waals surface area contributed by atoms with Crippen LogP contribution in [0.5, 0.6) is 23.0 Å². The minimum absolute atomic E-state index is 0.222. The summed E-state index contributed by atoms with van der Waals surface area (Å²) in [6.45, 7) is 2.62. The second-order valence-corrected chi connectivity index (χ2v) is 6.96. The molecule has 0 saturated carbocycles. The van der Waals surface area contributed by atoms with Gasteiger partial charge >= 0.3 is 0 Å². The Morgan fingerprint density at radius 1 is 0.903 bits per heavy atom. The third kappa shape index (κ3) is 5.83. The van der Waals surface area contributed by atoms with Crippen LogP contribution in [0.25, 0.3) is 0 Å². The quantitative estimate of drug-likeness (QED) is 0.469. The Labute approximate surface area is 186 Å². The summed E-state index contributed by atoms with van der Waals surface area (Å²) < 4.78 is 22.1. The third-order valence-corrected chi connectivity index (χ3v) is 4.70. The summed E-state index contributed by atoms with van der Waals surface area (Å²) in [6, 6.07) is 17.5. The summed E-state index contributed by atoms with van der Waals surface area (Å²) in [4.78, 5) is 12.9. The van der Waals surface area contributed by atoms with Gasteiger partial charge in [0.1, 0.15) is 29.6 Å². The molecule has 0 radical (unpaired) electrons. The first-order valence-corrected chi connectivity index (χ1v) is 10.1. The Balaban J connectivity index is 1.82. The van der Waals surface area contributed by atoms with E-state index < -0.39 is 0 Å². The molecule has 0 fully saturated rings. The zero-order valence-electron chi connectivity index (χ0n) is 17.6. The van der Waals surface area contributed by atoms with Gasteiger partial charge in [0.05, 0.1) is 26.5 Å². The predicted octanol–water partition coefficient (Wildman–Crippen LogP) is 5.59. The molecule has 162 valence electrons. The van der Waals surface area contributed by atoms with Gasteiger partial charge in [-0.3, -0.25) is 4.79 Å². The SMILES string of the molecule is CCOc1ccc(C(=O)Nc2cc(OC)ccc2OC)cc1COc1cccc(Cl)c1. The molecule has 3 rings (SSSR count). The number of hydrogen-bond acceptors (Lipinski definition) is 5. The summed E-state index contributed by atoms with van der Waals surface area (Å²) in [5, 5.41) is 3.46. The van der Waals surface area contributed by atoms with Crippen LogP contribution in [0.3, 0.4) is 0 Å². The van der Waals surface area contributed by atoms with Crippen LogP contribution in [0, 0.1) is 0 Å². The first-order chi connectivity index (χ1) is 15.0. The average Bonchev–Trinajstić information content (AvgIpc) is 2.78. The van der Waals surface area contributed by atoms with Gasteiger partial charge in [0.15, 0.2) is 0 Å². The van der Waals surface area contributed by atoms with Gasteiger partial charge in [0, 0.05) is 22.2 Å². The lowest BCUT2D eigenvalue weighted by atomic mass is 10.1. The Morgan fingerprint density at radius 2 is 1.71 bits per heavy atom. The Morgan fingerprint density at radius 3 is 2.42 bits per heavy atom. The second kappa shape index (κ2) is 10.6. The first kappa shape index (κ1) is 22.3. The molecule has 0 spiro atoms. The fraction of sp³-hybridized carbons (Fsp3) is 0.208. The molecule has 1 N–H and O–H groups in total. The van der Waals surface area contributed by atoms with Crippen LogP contribution in [0.2, 0.25) is 5.02 Å². The van der Waals surface area contributed by atoms with Crippen LogP contribution < -0.4 is 24.3 Å². The van der Waals surface area contributed by atoms with E-state index in [2.05, 4.69) is 5.32 Å². The van der Waals surface area contributed by atoms with Crippen LogP contribution in [-0.4, -0.2) is 26.7 Å². The minimum atomic E-state index is -0.293. The molecule has 31 heavy (non-hydrogen) atoms. The summed E-state index contributed by atoms with van der Waals surface area (Å²) in [6.07, 6.45) is 0. The lowest BCUT2D eigenvalue weighted by Crippen LogP contribution is -2.14. The Hall–Kier alpha value is -3.38. The van der Waals surface area contributed by atoms with E-state index in [0.29, 0.717) is 45.9 Å². The van der Waals surface area contributed by atoms with Crippen molar-refractivity contribution in [3.8, 4) is 23.0 Å². The zero-order valence-corrected chi connectivity index (χ0v) is 18.4. The number of hydrogen-bond donors (Lipinski definition) is 1. The van der Waals surface area contributed by atoms with E-state index in [1.54, 1.807) is 62.8 Å². The van der Waals surface area contributed by atoms with Crippen molar-refractivity contribution in [3.63, 3.8) is 0 Å². The van der Waals surface area contributed by atoms with Gasteiger partial charge in [-0.2, -0.15) is 0 Å². The summed E-state index contributed by atoms with van der Waals surface area (Å²) in [5.41, 5.74) is 1.71. The van der Waals surface area contributed by atoms with E-state index in [1.165, 1.54) is 0 Å². The summed E-state index contributed by atoms with van der Waals surface area (Å²) in [7, 11) is 3.10. The van der Waals surface area contributed by atoms with Gasteiger partial charge in [-0.15, -0.1) is 0 Å². The molecule has 1 amide bonds. The smallest absolute Gasteiger partial charge is 0.255 e. The van der Waals surface area contributed by atoms with Crippen LogP contribution in [-0.2, 0) is 6.61 Å². The van der Waals surface area contributed by atoms with Gasteiger partial charge in [-0.1, -0.05) is 17.7 Å². The maximum atomic E-state index is 12.9. The molecule has 0 aliphatic heterocycles. The third-order valence-electron chi connectivity index (χ3n) is 4.47. The van der Waals surface area contributed by atoms with E-state index in [9.17, 15) is 4.79 Å². The van der Waals surface area contributed by atoms with Crippen molar-refractivity contribution in [3.05, 3.63) is 76.8 Å². The van der Waals surface area contributed by atoms with Crippen molar-refractivity contribution >= 4 is 23.2 Å². The highest BCUT2D eigenvalue weighted by molar-refractivity contribution is 6.30. The minimum Gasteiger partial charge on any atom is -0.497 e. The van der Waals surface area contributed by atoms with Crippen molar-refractivity contribution in [1.29, 1.82) is 0 Å². The largest absolute Gasteiger partial charge is 0.497 e. The normalized spacial score (nSPS) is 10.3. The summed E-state index contributed by atoms with van der Waals surface area (Å²) >= 11 is 6.02. The zero-order chi connectivity index (χ0) is 22.2. The first-order valence-electron chi connectivity index (χ1n) is 9.71. The maximum absolute atomic E-state index is 12.9. The molecule has 0 aromatic heterocycles. The van der Waals surface area contributed by atoms with Crippen LogP contribution >= 0.6 is 11.6 Å². The van der Waals surface area contributed by atoms with Crippen molar-refractivity contribution in [2.75, 3.05) is 26.1 Å². The number of halogens is 1. The number of benzene rings is 3.